The number of halogens is 6. The van der Waals surface area contributed by atoms with Crippen molar-refractivity contribution in [3.63, 3.8) is 0 Å². The molecule has 27 heavy (non-hydrogen) atoms. The van der Waals surface area contributed by atoms with Crippen molar-refractivity contribution >= 4 is 23.2 Å². The van der Waals surface area contributed by atoms with Gasteiger partial charge in [0.25, 0.3) is 0 Å². The van der Waals surface area contributed by atoms with E-state index in [0.717, 1.165) is 7.11 Å². The van der Waals surface area contributed by atoms with Crippen LogP contribution in [-0.4, -0.2) is 17.5 Å². The van der Waals surface area contributed by atoms with Gasteiger partial charge in [-0.25, -0.2) is 4.79 Å². The number of nitrogens with zero attached hydrogens (tertiary/aromatic N) is 1. The van der Waals surface area contributed by atoms with E-state index in [4.69, 9.17) is 5.73 Å². The Morgan fingerprint density at radius 1 is 1.11 bits per heavy atom. The van der Waals surface area contributed by atoms with Crippen LogP contribution in [0.15, 0.2) is 12.1 Å². The van der Waals surface area contributed by atoms with Crippen LogP contribution in [0.25, 0.3) is 10.4 Å². The van der Waals surface area contributed by atoms with Gasteiger partial charge < -0.3 is 10.5 Å². The smallest absolute Gasteiger partial charge is 0.434 e. The van der Waals surface area contributed by atoms with Crippen molar-refractivity contribution in [3.05, 3.63) is 34.5 Å². The maximum atomic E-state index is 13.4. The summed E-state index contributed by atoms with van der Waals surface area (Å²) in [5.74, 6) is -1.09. The molecule has 0 radical (unpaired) electrons. The summed E-state index contributed by atoms with van der Waals surface area (Å²) in [7, 11) is 0.969. The number of hydrogen-bond acceptors (Lipinski definition) is 5. The van der Waals surface area contributed by atoms with Crippen LogP contribution in [0, 0.1) is 6.92 Å². The van der Waals surface area contributed by atoms with Crippen molar-refractivity contribution in [2.45, 2.75) is 33.1 Å². The average Bonchev–Trinajstić information content (AvgIpc) is 3.07. The molecule has 0 aliphatic heterocycles. The van der Waals surface area contributed by atoms with E-state index < -0.39 is 40.7 Å². The fourth-order valence-electron chi connectivity index (χ4n) is 2.18. The first kappa shape index (κ1) is 22.7. The third-order valence-electron chi connectivity index (χ3n) is 3.38. The number of aromatic nitrogens is 1. The molecule has 0 aliphatic rings. The Morgan fingerprint density at radius 2 is 1.67 bits per heavy atom. The number of alkyl halides is 6. The standard InChI is InChI=1S/C14H10F6N2O2S.C2H6/c1-5-10(8-4-9(22-25-8)14(18,19)20)7(13(15,16)17)3-6(11(5)21)12(23)24-2;1-2/h3-4H,21H2,1-2H3;1-2H3. The first-order valence-electron chi connectivity index (χ1n) is 7.50. The molecular weight excluding hydrogens is 398 g/mol. The highest BCUT2D eigenvalue weighted by atomic mass is 32.1. The monoisotopic (exact) mass is 414 g/mol. The van der Waals surface area contributed by atoms with Gasteiger partial charge in [0.05, 0.1) is 23.1 Å². The zero-order chi connectivity index (χ0) is 21.2. The Kier molecular flexibility index (Phi) is 6.87. The third-order valence-corrected chi connectivity index (χ3v) is 4.19. The molecule has 0 saturated heterocycles. The number of ether oxygens (including phenoxy) is 1. The van der Waals surface area contributed by atoms with E-state index >= 15 is 0 Å². The molecule has 0 aliphatic carbocycles. The van der Waals surface area contributed by atoms with Crippen molar-refractivity contribution in [1.29, 1.82) is 0 Å². The number of nitrogens with two attached hydrogens (primary N) is 1. The molecule has 0 atom stereocenters. The van der Waals surface area contributed by atoms with Gasteiger partial charge in [-0.05, 0) is 36.2 Å². The van der Waals surface area contributed by atoms with Gasteiger partial charge in [0.15, 0.2) is 5.69 Å². The number of esters is 1. The molecule has 4 nitrogen and oxygen atoms in total. The molecule has 2 N–H and O–H groups in total. The summed E-state index contributed by atoms with van der Waals surface area (Å²) < 4.78 is 85.8. The normalized spacial score (nSPS) is 11.6. The Labute approximate surface area is 155 Å². The predicted molar refractivity (Wildman–Crippen MR) is 89.4 cm³/mol. The molecule has 150 valence electrons. The van der Waals surface area contributed by atoms with Gasteiger partial charge in [-0.1, -0.05) is 13.8 Å². The van der Waals surface area contributed by atoms with Gasteiger partial charge >= 0.3 is 18.3 Å². The zero-order valence-corrected chi connectivity index (χ0v) is 15.5. The Bertz CT molecular complexity index is 828. The van der Waals surface area contributed by atoms with E-state index in [2.05, 4.69) is 9.11 Å². The van der Waals surface area contributed by atoms with Crippen molar-refractivity contribution in [3.8, 4) is 10.4 Å². The van der Waals surface area contributed by atoms with Gasteiger partial charge in [0, 0.05) is 11.3 Å². The van der Waals surface area contributed by atoms with Crippen molar-refractivity contribution in [1.82, 2.24) is 4.37 Å². The van der Waals surface area contributed by atoms with Crippen LogP contribution in [0.5, 0.6) is 0 Å². The number of nitrogen functional groups attached to an aromatic ring is 1. The van der Waals surface area contributed by atoms with E-state index in [-0.39, 0.29) is 27.7 Å². The van der Waals surface area contributed by atoms with Crippen LogP contribution in [0.2, 0.25) is 0 Å². The van der Waals surface area contributed by atoms with E-state index in [1.54, 1.807) is 0 Å². The van der Waals surface area contributed by atoms with Gasteiger partial charge in [-0.3, -0.25) is 0 Å². The van der Waals surface area contributed by atoms with Crippen LogP contribution in [0.3, 0.4) is 0 Å². The SMILES string of the molecule is CC.COC(=O)c1cc(C(F)(F)F)c(-c2cc(C(F)(F)F)ns2)c(C)c1N. The van der Waals surface area contributed by atoms with Crippen LogP contribution in [0.4, 0.5) is 32.0 Å². The molecule has 1 aromatic carbocycles. The van der Waals surface area contributed by atoms with Crippen molar-refractivity contribution in [2.24, 2.45) is 0 Å². The summed E-state index contributed by atoms with van der Waals surface area (Å²) in [6, 6.07) is 0.982. The Hall–Kier alpha value is -2.30. The molecule has 0 saturated carbocycles. The summed E-state index contributed by atoms with van der Waals surface area (Å²) in [6.45, 7) is 5.18. The molecule has 0 bridgehead atoms. The molecule has 1 heterocycles. The topological polar surface area (TPSA) is 65.2 Å². The second-order valence-corrected chi connectivity index (χ2v) is 5.75. The summed E-state index contributed by atoms with van der Waals surface area (Å²) in [5.41, 5.74) is 1.53. The van der Waals surface area contributed by atoms with E-state index in [1.807, 2.05) is 13.8 Å². The summed E-state index contributed by atoms with van der Waals surface area (Å²) >= 11 is 0.261. The first-order valence-corrected chi connectivity index (χ1v) is 8.28. The van der Waals surface area contributed by atoms with Gasteiger partial charge in [-0.2, -0.15) is 30.7 Å². The van der Waals surface area contributed by atoms with E-state index in [1.165, 1.54) is 6.92 Å². The maximum Gasteiger partial charge on any atom is 0.434 e. The summed E-state index contributed by atoms with van der Waals surface area (Å²) in [4.78, 5) is 11.3. The summed E-state index contributed by atoms with van der Waals surface area (Å²) in [6.07, 6.45) is -9.72. The Balaban J connectivity index is 0.00000176. The molecule has 11 heteroatoms. The largest absolute Gasteiger partial charge is 0.465 e. The number of carbonyl (C=O) groups is 1. The number of hydrogen-bond donors (Lipinski definition) is 1. The molecule has 0 spiro atoms. The summed E-state index contributed by atoms with van der Waals surface area (Å²) in [5, 5.41) is 0. The fourth-order valence-corrected chi connectivity index (χ4v) is 3.05. The van der Waals surface area contributed by atoms with E-state index in [0.29, 0.717) is 12.1 Å². The second-order valence-electron chi connectivity index (χ2n) is 4.95. The minimum absolute atomic E-state index is 0.187. The highest BCUT2D eigenvalue weighted by Gasteiger charge is 2.39. The lowest BCUT2D eigenvalue weighted by molar-refractivity contribution is -0.140. The molecule has 0 unspecified atom stereocenters. The number of anilines is 1. The highest BCUT2D eigenvalue weighted by Crippen LogP contribution is 2.44. The Morgan fingerprint density at radius 3 is 2.07 bits per heavy atom. The minimum Gasteiger partial charge on any atom is -0.465 e. The predicted octanol–water partition coefficient (Wildman–Crippen LogP) is 5.55. The minimum atomic E-state index is -4.93. The average molecular weight is 414 g/mol. The van der Waals surface area contributed by atoms with Gasteiger partial charge in [-0.15, -0.1) is 0 Å². The van der Waals surface area contributed by atoms with Crippen LogP contribution in [-0.2, 0) is 17.1 Å². The lowest BCUT2D eigenvalue weighted by Gasteiger charge is -2.18. The van der Waals surface area contributed by atoms with Crippen molar-refractivity contribution in [2.75, 3.05) is 12.8 Å². The maximum absolute atomic E-state index is 13.4. The van der Waals surface area contributed by atoms with Crippen molar-refractivity contribution < 1.29 is 35.9 Å². The lowest BCUT2D eigenvalue weighted by Crippen LogP contribution is -2.14. The van der Waals surface area contributed by atoms with Crippen LogP contribution in [0.1, 0.15) is 41.0 Å². The molecule has 2 aromatic rings. The zero-order valence-electron chi connectivity index (χ0n) is 14.7. The number of rotatable bonds is 2. The molecule has 1 aromatic heterocycles. The molecule has 0 amide bonds. The first-order chi connectivity index (χ1) is 12.4. The molecule has 2 rings (SSSR count). The van der Waals surface area contributed by atoms with Gasteiger partial charge in [0.1, 0.15) is 0 Å². The second kappa shape index (κ2) is 8.15. The van der Waals surface area contributed by atoms with Crippen LogP contribution < -0.4 is 5.73 Å². The van der Waals surface area contributed by atoms with Gasteiger partial charge in [0.2, 0.25) is 0 Å². The molecule has 0 fully saturated rings. The third kappa shape index (κ3) is 4.71. The van der Waals surface area contributed by atoms with Crippen LogP contribution >= 0.6 is 11.5 Å². The quantitative estimate of drug-likeness (QED) is 0.398. The number of benzene rings is 1. The number of carbonyl (C=O) groups excluding carboxylic acids is 1. The molecular formula is C16H16F6N2O2S. The highest BCUT2D eigenvalue weighted by molar-refractivity contribution is 7.09. The van der Waals surface area contributed by atoms with E-state index in [9.17, 15) is 31.1 Å². The number of methoxy groups -OCH3 is 1. The lowest BCUT2D eigenvalue weighted by atomic mass is 9.94. The fraction of sp³-hybridized carbons (Fsp3) is 0.375.